The predicted octanol–water partition coefficient (Wildman–Crippen LogP) is 3.40. The van der Waals surface area contributed by atoms with Gasteiger partial charge in [-0.15, -0.1) is 0 Å². The molecule has 0 amide bonds. The Kier molecular flexibility index (Phi) is 3.23. The average Bonchev–Trinajstić information content (AvgIpc) is 2.90. The van der Waals surface area contributed by atoms with Crippen LogP contribution in [0.3, 0.4) is 0 Å². The van der Waals surface area contributed by atoms with Gasteiger partial charge in [0.25, 0.3) is 0 Å². The molecule has 0 unspecified atom stereocenters. The van der Waals surface area contributed by atoms with Gasteiger partial charge in [0.2, 0.25) is 0 Å². The summed E-state index contributed by atoms with van der Waals surface area (Å²) >= 11 is 6.33. The first-order valence-electron chi connectivity index (χ1n) is 7.34. The standard InChI is InChI=1S/C17H14ClN3O2/c18-13-6-5-11(21-8-10(9-21)17(22)23)7-12(13)16-19-14-3-1-2-4-15(14)20-16/h1-7,10H,8-9H2,(H,19,20)(H,22,23). The molecule has 1 saturated heterocycles. The van der Waals surface area contributed by atoms with E-state index in [9.17, 15) is 4.79 Å². The van der Waals surface area contributed by atoms with Gasteiger partial charge in [-0.05, 0) is 30.3 Å². The third-order valence-electron chi connectivity index (χ3n) is 4.19. The van der Waals surface area contributed by atoms with Gasteiger partial charge in [-0.3, -0.25) is 4.79 Å². The molecule has 5 nitrogen and oxygen atoms in total. The van der Waals surface area contributed by atoms with Gasteiger partial charge in [-0.25, -0.2) is 4.98 Å². The van der Waals surface area contributed by atoms with Gasteiger partial charge >= 0.3 is 5.97 Å². The molecule has 23 heavy (non-hydrogen) atoms. The minimum atomic E-state index is -0.743. The van der Waals surface area contributed by atoms with Gasteiger partial charge in [0.1, 0.15) is 5.82 Å². The Hall–Kier alpha value is -2.53. The van der Waals surface area contributed by atoms with Crippen molar-refractivity contribution in [1.82, 2.24) is 9.97 Å². The minimum Gasteiger partial charge on any atom is -0.481 e. The van der Waals surface area contributed by atoms with Crippen LogP contribution in [0.15, 0.2) is 42.5 Å². The molecule has 0 aliphatic carbocycles. The number of fused-ring (bicyclic) bond motifs is 1. The van der Waals surface area contributed by atoms with E-state index < -0.39 is 5.97 Å². The summed E-state index contributed by atoms with van der Waals surface area (Å²) in [6.45, 7) is 1.05. The maximum absolute atomic E-state index is 10.9. The van der Waals surface area contributed by atoms with Gasteiger partial charge in [0.05, 0.1) is 22.0 Å². The number of aromatic amines is 1. The topological polar surface area (TPSA) is 69.2 Å². The molecule has 1 aliphatic heterocycles. The highest BCUT2D eigenvalue weighted by Gasteiger charge is 2.32. The fraction of sp³-hybridized carbons (Fsp3) is 0.176. The summed E-state index contributed by atoms with van der Waals surface area (Å²) in [5.74, 6) is -0.318. The number of anilines is 1. The molecule has 3 aromatic rings. The van der Waals surface area contributed by atoms with Crippen molar-refractivity contribution < 1.29 is 9.90 Å². The van der Waals surface area contributed by atoms with Crippen LogP contribution in [-0.4, -0.2) is 34.1 Å². The number of nitrogens with one attached hydrogen (secondary N) is 1. The van der Waals surface area contributed by atoms with E-state index in [4.69, 9.17) is 16.7 Å². The maximum Gasteiger partial charge on any atom is 0.310 e. The average molecular weight is 328 g/mol. The zero-order chi connectivity index (χ0) is 16.0. The van der Waals surface area contributed by atoms with E-state index in [1.54, 1.807) is 0 Å². The summed E-state index contributed by atoms with van der Waals surface area (Å²) in [7, 11) is 0. The molecular weight excluding hydrogens is 314 g/mol. The minimum absolute atomic E-state index is 0.291. The fourth-order valence-electron chi connectivity index (χ4n) is 2.82. The number of aromatic nitrogens is 2. The van der Waals surface area contributed by atoms with Crippen LogP contribution >= 0.6 is 11.6 Å². The Labute approximate surface area is 137 Å². The van der Waals surface area contributed by atoms with Crippen LogP contribution in [0, 0.1) is 5.92 Å². The van der Waals surface area contributed by atoms with E-state index in [-0.39, 0.29) is 5.92 Å². The van der Waals surface area contributed by atoms with E-state index in [2.05, 4.69) is 9.97 Å². The first-order valence-corrected chi connectivity index (χ1v) is 7.72. The molecule has 0 saturated carbocycles. The van der Waals surface area contributed by atoms with Crippen LogP contribution in [0.4, 0.5) is 5.69 Å². The number of rotatable bonds is 3. The number of hydrogen-bond donors (Lipinski definition) is 2. The lowest BCUT2D eigenvalue weighted by Gasteiger charge is -2.38. The highest BCUT2D eigenvalue weighted by molar-refractivity contribution is 6.33. The van der Waals surface area contributed by atoms with Crippen molar-refractivity contribution in [1.29, 1.82) is 0 Å². The van der Waals surface area contributed by atoms with Crippen molar-refractivity contribution in [3.63, 3.8) is 0 Å². The monoisotopic (exact) mass is 327 g/mol. The Balaban J connectivity index is 1.68. The highest BCUT2D eigenvalue weighted by atomic mass is 35.5. The fourth-order valence-corrected chi connectivity index (χ4v) is 3.02. The molecule has 6 heteroatoms. The molecule has 2 aromatic carbocycles. The van der Waals surface area contributed by atoms with Crippen LogP contribution in [0.1, 0.15) is 0 Å². The first kappa shape index (κ1) is 14.1. The first-order chi connectivity index (χ1) is 11.1. The molecule has 1 fully saturated rings. The zero-order valence-electron chi connectivity index (χ0n) is 12.2. The number of imidazole rings is 1. The number of carboxylic acid groups (broad SMARTS) is 1. The van der Waals surface area contributed by atoms with Gasteiger partial charge in [0.15, 0.2) is 0 Å². The lowest BCUT2D eigenvalue weighted by atomic mass is 9.99. The van der Waals surface area contributed by atoms with E-state index >= 15 is 0 Å². The predicted molar refractivity (Wildman–Crippen MR) is 89.9 cm³/mol. The Bertz CT molecular complexity index is 867. The molecule has 2 N–H and O–H groups in total. The number of para-hydroxylation sites is 2. The summed E-state index contributed by atoms with van der Waals surface area (Å²) in [6, 6.07) is 13.5. The SMILES string of the molecule is O=C(O)C1CN(c2ccc(Cl)c(-c3nc4ccccc4[nH]3)c2)C1. The number of hydrogen-bond acceptors (Lipinski definition) is 3. The molecule has 1 aliphatic rings. The molecule has 1 aromatic heterocycles. The second kappa shape index (κ2) is 5.28. The lowest BCUT2D eigenvalue weighted by molar-refractivity contribution is -0.142. The lowest BCUT2D eigenvalue weighted by Crippen LogP contribution is -2.50. The summed E-state index contributed by atoms with van der Waals surface area (Å²) in [5, 5.41) is 9.61. The molecule has 0 radical (unpaired) electrons. The molecule has 116 valence electrons. The largest absolute Gasteiger partial charge is 0.481 e. The van der Waals surface area contributed by atoms with Crippen molar-refractivity contribution in [2.45, 2.75) is 0 Å². The molecule has 4 rings (SSSR count). The smallest absolute Gasteiger partial charge is 0.310 e. The summed E-state index contributed by atoms with van der Waals surface area (Å²) in [4.78, 5) is 20.8. The number of nitrogens with zero attached hydrogens (tertiary/aromatic N) is 2. The number of benzene rings is 2. The summed E-state index contributed by atoms with van der Waals surface area (Å²) in [6.07, 6.45) is 0. The Morgan fingerprint density at radius 2 is 2.04 bits per heavy atom. The van der Waals surface area contributed by atoms with Crippen LogP contribution in [0.25, 0.3) is 22.4 Å². The highest BCUT2D eigenvalue weighted by Crippen LogP contribution is 2.33. The van der Waals surface area contributed by atoms with Gasteiger partial charge < -0.3 is 15.0 Å². The Morgan fingerprint density at radius 1 is 1.26 bits per heavy atom. The molecule has 0 bridgehead atoms. The third-order valence-corrected chi connectivity index (χ3v) is 4.52. The van der Waals surface area contributed by atoms with Crippen molar-refractivity contribution in [2.24, 2.45) is 5.92 Å². The zero-order valence-corrected chi connectivity index (χ0v) is 12.9. The van der Waals surface area contributed by atoms with Gasteiger partial charge in [-0.1, -0.05) is 23.7 Å². The third kappa shape index (κ3) is 2.43. The van der Waals surface area contributed by atoms with Crippen molar-refractivity contribution in [3.05, 3.63) is 47.5 Å². The number of halogens is 1. The Morgan fingerprint density at radius 3 is 2.78 bits per heavy atom. The van der Waals surface area contributed by atoms with Crippen molar-refractivity contribution >= 4 is 34.3 Å². The van der Waals surface area contributed by atoms with E-state index in [0.29, 0.717) is 23.9 Å². The molecule has 0 atom stereocenters. The number of carboxylic acids is 1. The van der Waals surface area contributed by atoms with E-state index in [1.165, 1.54) is 0 Å². The van der Waals surface area contributed by atoms with Crippen molar-refractivity contribution in [2.75, 3.05) is 18.0 Å². The normalized spacial score (nSPS) is 14.9. The van der Waals surface area contributed by atoms with Crippen molar-refractivity contribution in [3.8, 4) is 11.4 Å². The number of carbonyl (C=O) groups is 1. The van der Waals surface area contributed by atoms with Crippen LogP contribution in [-0.2, 0) is 4.79 Å². The molecule has 0 spiro atoms. The van der Waals surface area contributed by atoms with Gasteiger partial charge in [-0.2, -0.15) is 0 Å². The van der Waals surface area contributed by atoms with Gasteiger partial charge in [0, 0.05) is 24.3 Å². The maximum atomic E-state index is 10.9. The summed E-state index contributed by atoms with van der Waals surface area (Å²) in [5.41, 5.74) is 3.62. The van der Waals surface area contributed by atoms with Crippen LogP contribution < -0.4 is 4.90 Å². The molecule has 2 heterocycles. The number of H-pyrrole nitrogens is 1. The second-order valence-corrected chi connectivity index (χ2v) is 6.11. The molecular formula is C17H14ClN3O2. The van der Waals surface area contributed by atoms with E-state index in [0.717, 1.165) is 22.3 Å². The summed E-state index contributed by atoms with van der Waals surface area (Å²) < 4.78 is 0. The quantitative estimate of drug-likeness (QED) is 0.773. The van der Waals surface area contributed by atoms with Crippen LogP contribution in [0.2, 0.25) is 5.02 Å². The van der Waals surface area contributed by atoms with Crippen LogP contribution in [0.5, 0.6) is 0 Å². The van der Waals surface area contributed by atoms with E-state index in [1.807, 2.05) is 47.4 Å². The second-order valence-electron chi connectivity index (χ2n) is 5.71. The number of aliphatic carboxylic acids is 1.